The Morgan fingerprint density at radius 3 is 2.54 bits per heavy atom. The summed E-state index contributed by atoms with van der Waals surface area (Å²) in [5.74, 6) is 0.545. The number of aryl methyl sites for hydroxylation is 2. The molecule has 0 bridgehead atoms. The zero-order chi connectivity index (χ0) is 9.59. The number of fused-ring (bicyclic) bond motifs is 1. The van der Waals surface area contributed by atoms with Gasteiger partial charge in [0.1, 0.15) is 11.8 Å². The predicted octanol–water partition coefficient (Wildman–Crippen LogP) is 1.24. The first-order valence-electron chi connectivity index (χ1n) is 4.18. The van der Waals surface area contributed by atoms with Crippen molar-refractivity contribution in [3.8, 4) is 0 Å². The Kier molecular flexibility index (Phi) is 1.52. The molecule has 2 aromatic heterocycles. The number of nitrogens with two attached hydrogens (primary N) is 1. The third-order valence-corrected chi connectivity index (χ3v) is 2.60. The van der Waals surface area contributed by atoms with Crippen LogP contribution in [0.3, 0.4) is 0 Å². The number of nitrogen functional groups attached to an aromatic ring is 1. The third-order valence-electron chi connectivity index (χ3n) is 2.60. The van der Waals surface area contributed by atoms with E-state index in [0.29, 0.717) is 5.82 Å². The van der Waals surface area contributed by atoms with Crippen LogP contribution in [-0.2, 0) is 0 Å². The van der Waals surface area contributed by atoms with Crippen LogP contribution < -0.4 is 5.73 Å². The lowest BCUT2D eigenvalue weighted by Gasteiger charge is -1.98. The van der Waals surface area contributed by atoms with Crippen LogP contribution >= 0.6 is 0 Å². The van der Waals surface area contributed by atoms with E-state index >= 15 is 0 Å². The van der Waals surface area contributed by atoms with Crippen molar-refractivity contribution in [2.45, 2.75) is 20.8 Å². The molecular weight excluding hydrogens is 164 g/mol. The number of nitrogens with zero attached hydrogens (tertiary/aromatic N) is 3. The van der Waals surface area contributed by atoms with Crippen LogP contribution in [0.1, 0.15) is 16.8 Å². The third kappa shape index (κ3) is 0.915. The minimum atomic E-state index is 0.545. The van der Waals surface area contributed by atoms with Gasteiger partial charge in [-0.3, -0.25) is 0 Å². The molecule has 0 radical (unpaired) electrons. The van der Waals surface area contributed by atoms with Crippen molar-refractivity contribution in [1.82, 2.24) is 14.6 Å². The van der Waals surface area contributed by atoms with E-state index in [9.17, 15) is 0 Å². The molecule has 2 N–H and O–H groups in total. The summed E-state index contributed by atoms with van der Waals surface area (Å²) in [5, 5.41) is 4.15. The summed E-state index contributed by atoms with van der Waals surface area (Å²) in [6.07, 6.45) is 1.48. The highest BCUT2D eigenvalue weighted by atomic mass is 15.3. The maximum atomic E-state index is 5.77. The summed E-state index contributed by atoms with van der Waals surface area (Å²) >= 11 is 0. The van der Waals surface area contributed by atoms with Gasteiger partial charge in [-0.05, 0) is 31.9 Å². The van der Waals surface area contributed by atoms with Gasteiger partial charge in [0.15, 0.2) is 5.82 Å². The predicted molar refractivity (Wildman–Crippen MR) is 51.6 cm³/mol. The molecule has 2 heterocycles. The maximum Gasteiger partial charge on any atom is 0.151 e. The van der Waals surface area contributed by atoms with E-state index in [0.717, 1.165) is 16.8 Å². The van der Waals surface area contributed by atoms with Gasteiger partial charge in [-0.2, -0.15) is 5.10 Å². The van der Waals surface area contributed by atoms with Crippen molar-refractivity contribution < 1.29 is 0 Å². The Morgan fingerprint density at radius 2 is 1.92 bits per heavy atom. The van der Waals surface area contributed by atoms with Crippen molar-refractivity contribution in [2.75, 3.05) is 5.73 Å². The summed E-state index contributed by atoms with van der Waals surface area (Å²) in [4.78, 5) is 3.97. The lowest BCUT2D eigenvalue weighted by atomic mass is 10.2. The minimum Gasteiger partial charge on any atom is -0.382 e. The van der Waals surface area contributed by atoms with Gasteiger partial charge in [0.25, 0.3) is 0 Å². The summed E-state index contributed by atoms with van der Waals surface area (Å²) in [7, 11) is 0. The molecule has 0 spiro atoms. The molecule has 0 saturated heterocycles. The van der Waals surface area contributed by atoms with Gasteiger partial charge in [0.05, 0.1) is 0 Å². The molecule has 0 atom stereocenters. The second kappa shape index (κ2) is 2.45. The number of rotatable bonds is 0. The molecule has 0 aromatic carbocycles. The Hall–Kier alpha value is -1.58. The van der Waals surface area contributed by atoms with E-state index in [1.165, 1.54) is 11.9 Å². The first-order chi connectivity index (χ1) is 6.13. The van der Waals surface area contributed by atoms with Crippen LogP contribution in [0.15, 0.2) is 6.33 Å². The largest absolute Gasteiger partial charge is 0.382 e. The van der Waals surface area contributed by atoms with Crippen LogP contribution in [0.25, 0.3) is 5.52 Å². The zero-order valence-corrected chi connectivity index (χ0v) is 8.00. The van der Waals surface area contributed by atoms with Crippen molar-refractivity contribution in [2.24, 2.45) is 0 Å². The molecule has 0 amide bonds. The quantitative estimate of drug-likeness (QED) is 0.657. The summed E-state index contributed by atoms with van der Waals surface area (Å²) in [6.45, 7) is 6.14. The molecule has 2 rings (SSSR count). The highest BCUT2D eigenvalue weighted by Crippen LogP contribution is 2.23. The van der Waals surface area contributed by atoms with Gasteiger partial charge in [0, 0.05) is 5.69 Å². The second-order valence-corrected chi connectivity index (χ2v) is 3.24. The van der Waals surface area contributed by atoms with Gasteiger partial charge in [-0.1, -0.05) is 0 Å². The molecule has 2 aromatic rings. The lowest BCUT2D eigenvalue weighted by Crippen LogP contribution is -2.00. The molecule has 68 valence electrons. The lowest BCUT2D eigenvalue weighted by molar-refractivity contribution is 0.870. The fourth-order valence-corrected chi connectivity index (χ4v) is 1.58. The zero-order valence-electron chi connectivity index (χ0n) is 8.00. The Labute approximate surface area is 76.4 Å². The summed E-state index contributed by atoms with van der Waals surface area (Å²) < 4.78 is 1.84. The fourth-order valence-electron chi connectivity index (χ4n) is 1.58. The fraction of sp³-hybridized carbons (Fsp3) is 0.333. The molecule has 4 heteroatoms. The van der Waals surface area contributed by atoms with E-state index < -0.39 is 0 Å². The van der Waals surface area contributed by atoms with Gasteiger partial charge in [0.2, 0.25) is 0 Å². The average molecular weight is 176 g/mol. The van der Waals surface area contributed by atoms with Crippen molar-refractivity contribution >= 4 is 11.3 Å². The molecule has 4 nitrogen and oxygen atoms in total. The van der Waals surface area contributed by atoms with Crippen molar-refractivity contribution in [3.05, 3.63) is 23.1 Å². The van der Waals surface area contributed by atoms with Crippen LogP contribution in [0, 0.1) is 20.8 Å². The number of hydrogen-bond acceptors (Lipinski definition) is 3. The molecule has 0 aliphatic heterocycles. The SMILES string of the molecule is Cc1c(C)c2c(N)ncnn2c1C. The van der Waals surface area contributed by atoms with Crippen LogP contribution in [0.2, 0.25) is 0 Å². The molecule has 0 fully saturated rings. The van der Waals surface area contributed by atoms with Crippen LogP contribution in [0.5, 0.6) is 0 Å². The van der Waals surface area contributed by atoms with Crippen molar-refractivity contribution in [3.63, 3.8) is 0 Å². The molecule has 0 saturated carbocycles. The maximum absolute atomic E-state index is 5.77. The average Bonchev–Trinajstić information content (AvgIpc) is 2.33. The number of aromatic nitrogens is 3. The van der Waals surface area contributed by atoms with Crippen molar-refractivity contribution in [1.29, 1.82) is 0 Å². The Bertz CT molecular complexity index is 470. The first-order valence-corrected chi connectivity index (χ1v) is 4.18. The molecular formula is C9H12N4. The summed E-state index contributed by atoms with van der Waals surface area (Å²) in [5.41, 5.74) is 10.2. The van der Waals surface area contributed by atoms with Gasteiger partial charge < -0.3 is 5.73 Å². The van der Waals surface area contributed by atoms with Gasteiger partial charge >= 0.3 is 0 Å². The highest BCUT2D eigenvalue weighted by Gasteiger charge is 2.11. The second-order valence-electron chi connectivity index (χ2n) is 3.24. The molecule has 13 heavy (non-hydrogen) atoms. The van der Waals surface area contributed by atoms with E-state index in [1.54, 1.807) is 0 Å². The monoisotopic (exact) mass is 176 g/mol. The molecule has 0 aliphatic carbocycles. The Morgan fingerprint density at radius 1 is 1.23 bits per heavy atom. The van der Waals surface area contributed by atoms with Crippen LogP contribution in [-0.4, -0.2) is 14.6 Å². The van der Waals surface area contributed by atoms with E-state index in [1.807, 2.05) is 18.4 Å². The minimum absolute atomic E-state index is 0.545. The summed E-state index contributed by atoms with van der Waals surface area (Å²) in [6, 6.07) is 0. The Balaban J connectivity index is 3.03. The van der Waals surface area contributed by atoms with E-state index in [4.69, 9.17) is 5.73 Å². The first kappa shape index (κ1) is 8.04. The number of hydrogen-bond donors (Lipinski definition) is 1. The highest BCUT2D eigenvalue weighted by molar-refractivity contribution is 5.72. The molecule has 0 unspecified atom stereocenters. The number of anilines is 1. The van der Waals surface area contributed by atoms with E-state index in [2.05, 4.69) is 17.0 Å². The smallest absolute Gasteiger partial charge is 0.151 e. The van der Waals surface area contributed by atoms with E-state index in [-0.39, 0.29) is 0 Å². The van der Waals surface area contributed by atoms with Crippen LogP contribution in [0.4, 0.5) is 5.82 Å². The van der Waals surface area contributed by atoms with Gasteiger partial charge in [-0.25, -0.2) is 9.50 Å². The topological polar surface area (TPSA) is 56.2 Å². The normalized spacial score (nSPS) is 11.0. The standard InChI is InChI=1S/C9H12N4/c1-5-6(2)8-9(10)11-4-12-13(8)7(5)3/h4H,1-3H3,(H2,10,11,12). The van der Waals surface area contributed by atoms with Gasteiger partial charge in [-0.15, -0.1) is 0 Å². The molecule has 0 aliphatic rings.